The fourth-order valence-electron chi connectivity index (χ4n) is 1.93. The molecule has 3 aromatic rings. The van der Waals surface area contributed by atoms with Gasteiger partial charge in [0.15, 0.2) is 5.65 Å². The highest BCUT2D eigenvalue weighted by Gasteiger charge is 2.13. The summed E-state index contributed by atoms with van der Waals surface area (Å²) in [5.41, 5.74) is 1.83. The van der Waals surface area contributed by atoms with Crippen molar-refractivity contribution in [3.8, 4) is 11.3 Å². The quantitative estimate of drug-likeness (QED) is 0.556. The van der Waals surface area contributed by atoms with Crippen LogP contribution in [-0.2, 0) is 0 Å². The number of aromatic amines is 1. The number of nitrogens with one attached hydrogen (secondary N) is 2. The van der Waals surface area contributed by atoms with Crippen LogP contribution in [0, 0.1) is 10.1 Å². The molecule has 20 heavy (non-hydrogen) atoms. The molecule has 0 spiro atoms. The van der Waals surface area contributed by atoms with Crippen molar-refractivity contribution in [3.05, 3.63) is 40.6 Å². The Morgan fingerprint density at radius 1 is 1.35 bits per heavy atom. The molecule has 0 unspecified atom stereocenters. The van der Waals surface area contributed by atoms with E-state index in [1.54, 1.807) is 25.4 Å². The maximum absolute atomic E-state index is 10.9. The van der Waals surface area contributed by atoms with Crippen molar-refractivity contribution in [2.24, 2.45) is 0 Å². The topological polar surface area (TPSA) is 110 Å². The van der Waals surface area contributed by atoms with Gasteiger partial charge in [-0.1, -0.05) is 12.1 Å². The van der Waals surface area contributed by atoms with E-state index in [0.717, 1.165) is 0 Å². The highest BCUT2D eigenvalue weighted by Crippen LogP contribution is 2.28. The summed E-state index contributed by atoms with van der Waals surface area (Å²) in [6.45, 7) is 0. The summed E-state index contributed by atoms with van der Waals surface area (Å²) in [5, 5.41) is 21.1. The van der Waals surface area contributed by atoms with E-state index in [1.807, 2.05) is 0 Å². The molecule has 3 rings (SSSR count). The number of nitro groups is 1. The van der Waals surface area contributed by atoms with Crippen LogP contribution in [0.4, 0.5) is 11.6 Å². The van der Waals surface area contributed by atoms with E-state index >= 15 is 0 Å². The molecule has 2 heterocycles. The molecule has 0 aliphatic carbocycles. The van der Waals surface area contributed by atoms with E-state index in [2.05, 4.69) is 25.5 Å². The Morgan fingerprint density at radius 2 is 2.20 bits per heavy atom. The van der Waals surface area contributed by atoms with Gasteiger partial charge in [-0.25, -0.2) is 4.98 Å². The van der Waals surface area contributed by atoms with E-state index in [-0.39, 0.29) is 5.69 Å². The van der Waals surface area contributed by atoms with Crippen LogP contribution in [0.3, 0.4) is 0 Å². The first-order valence-corrected chi connectivity index (χ1v) is 5.83. The van der Waals surface area contributed by atoms with Gasteiger partial charge < -0.3 is 5.32 Å². The predicted molar refractivity (Wildman–Crippen MR) is 73.3 cm³/mol. The van der Waals surface area contributed by atoms with Gasteiger partial charge in [0.2, 0.25) is 5.95 Å². The SMILES string of the molecule is CNc1nc(-c2cccc([N+](=O)[O-])c2)c2cn[nH]c2n1. The largest absolute Gasteiger partial charge is 0.357 e. The van der Waals surface area contributed by atoms with Crippen molar-refractivity contribution in [1.29, 1.82) is 0 Å². The lowest BCUT2D eigenvalue weighted by Crippen LogP contribution is -1.98. The standard InChI is InChI=1S/C12H10N6O2/c1-13-12-15-10(9-6-14-17-11(9)16-12)7-3-2-4-8(5-7)18(19)20/h2-6H,1H3,(H2,13,14,15,16,17). The second-order valence-electron chi connectivity index (χ2n) is 4.09. The average Bonchev–Trinajstić information content (AvgIpc) is 2.94. The normalized spacial score (nSPS) is 10.7. The predicted octanol–water partition coefficient (Wildman–Crippen LogP) is 1.97. The first kappa shape index (κ1) is 12.0. The van der Waals surface area contributed by atoms with Crippen LogP contribution in [0.15, 0.2) is 30.5 Å². The molecule has 0 radical (unpaired) electrons. The Bertz CT molecular complexity index is 797. The third kappa shape index (κ3) is 1.92. The molecule has 1 aromatic carbocycles. The smallest absolute Gasteiger partial charge is 0.270 e. The molecule has 0 saturated heterocycles. The fourth-order valence-corrected chi connectivity index (χ4v) is 1.93. The molecular weight excluding hydrogens is 260 g/mol. The van der Waals surface area contributed by atoms with Crippen LogP contribution in [0.25, 0.3) is 22.3 Å². The van der Waals surface area contributed by atoms with Crippen molar-refractivity contribution in [3.63, 3.8) is 0 Å². The second-order valence-corrected chi connectivity index (χ2v) is 4.09. The van der Waals surface area contributed by atoms with E-state index in [0.29, 0.717) is 28.2 Å². The molecule has 0 amide bonds. The van der Waals surface area contributed by atoms with Crippen molar-refractivity contribution in [2.45, 2.75) is 0 Å². The van der Waals surface area contributed by atoms with E-state index < -0.39 is 4.92 Å². The molecule has 2 aromatic heterocycles. The maximum Gasteiger partial charge on any atom is 0.270 e. The van der Waals surface area contributed by atoms with E-state index in [1.165, 1.54) is 12.1 Å². The minimum Gasteiger partial charge on any atom is -0.357 e. The number of nitro benzene ring substituents is 1. The molecule has 0 bridgehead atoms. The van der Waals surface area contributed by atoms with Crippen LogP contribution >= 0.6 is 0 Å². The number of H-pyrrole nitrogens is 1. The lowest BCUT2D eigenvalue weighted by molar-refractivity contribution is -0.384. The zero-order valence-corrected chi connectivity index (χ0v) is 10.5. The highest BCUT2D eigenvalue weighted by atomic mass is 16.6. The maximum atomic E-state index is 10.9. The van der Waals surface area contributed by atoms with Crippen LogP contribution in [0.5, 0.6) is 0 Å². The Balaban J connectivity index is 2.25. The third-order valence-electron chi connectivity index (χ3n) is 2.86. The van der Waals surface area contributed by atoms with Crippen molar-refractivity contribution < 1.29 is 4.92 Å². The Kier molecular flexibility index (Phi) is 2.75. The Labute approximate surface area is 113 Å². The number of rotatable bonds is 3. The number of fused-ring (bicyclic) bond motifs is 1. The van der Waals surface area contributed by atoms with Crippen molar-refractivity contribution in [1.82, 2.24) is 20.2 Å². The van der Waals surface area contributed by atoms with Gasteiger partial charge in [-0.05, 0) is 0 Å². The van der Waals surface area contributed by atoms with Gasteiger partial charge in [0.05, 0.1) is 22.2 Å². The Morgan fingerprint density at radius 3 is 2.95 bits per heavy atom. The van der Waals surface area contributed by atoms with Gasteiger partial charge >= 0.3 is 0 Å². The number of hydrogen-bond donors (Lipinski definition) is 2. The zero-order chi connectivity index (χ0) is 14.1. The van der Waals surface area contributed by atoms with Gasteiger partial charge in [-0.3, -0.25) is 15.2 Å². The number of benzene rings is 1. The van der Waals surface area contributed by atoms with Crippen molar-refractivity contribution in [2.75, 3.05) is 12.4 Å². The number of nitrogens with zero attached hydrogens (tertiary/aromatic N) is 4. The molecule has 0 atom stereocenters. The van der Waals surface area contributed by atoms with E-state index in [9.17, 15) is 10.1 Å². The summed E-state index contributed by atoms with van der Waals surface area (Å²) in [4.78, 5) is 19.0. The summed E-state index contributed by atoms with van der Waals surface area (Å²) in [5.74, 6) is 0.420. The van der Waals surface area contributed by atoms with Gasteiger partial charge in [0, 0.05) is 24.7 Å². The molecule has 8 nitrogen and oxygen atoms in total. The minimum absolute atomic E-state index is 0.0174. The molecule has 0 fully saturated rings. The van der Waals surface area contributed by atoms with Crippen LogP contribution < -0.4 is 5.32 Å². The Hall–Kier alpha value is -3.03. The van der Waals surface area contributed by atoms with Gasteiger partial charge in [-0.15, -0.1) is 0 Å². The monoisotopic (exact) mass is 270 g/mol. The number of aromatic nitrogens is 4. The summed E-state index contributed by atoms with van der Waals surface area (Å²) < 4.78 is 0. The summed E-state index contributed by atoms with van der Waals surface area (Å²) >= 11 is 0. The molecule has 0 saturated carbocycles. The first-order chi connectivity index (χ1) is 9.69. The summed E-state index contributed by atoms with van der Waals surface area (Å²) in [7, 11) is 1.70. The summed E-state index contributed by atoms with van der Waals surface area (Å²) in [6.07, 6.45) is 1.60. The molecule has 100 valence electrons. The van der Waals surface area contributed by atoms with E-state index in [4.69, 9.17) is 0 Å². The van der Waals surface area contributed by atoms with Gasteiger partial charge in [0.25, 0.3) is 5.69 Å². The third-order valence-corrected chi connectivity index (χ3v) is 2.86. The lowest BCUT2D eigenvalue weighted by Gasteiger charge is -2.05. The van der Waals surface area contributed by atoms with Crippen LogP contribution in [-0.4, -0.2) is 32.1 Å². The average molecular weight is 270 g/mol. The first-order valence-electron chi connectivity index (χ1n) is 5.83. The summed E-state index contributed by atoms with van der Waals surface area (Å²) in [6, 6.07) is 6.31. The number of non-ortho nitro benzene ring substituents is 1. The molecule has 2 N–H and O–H groups in total. The molecular formula is C12H10N6O2. The fraction of sp³-hybridized carbons (Fsp3) is 0.0833. The lowest BCUT2D eigenvalue weighted by atomic mass is 10.1. The molecule has 8 heteroatoms. The minimum atomic E-state index is -0.434. The van der Waals surface area contributed by atoms with Crippen LogP contribution in [0.1, 0.15) is 0 Å². The zero-order valence-electron chi connectivity index (χ0n) is 10.5. The number of anilines is 1. The second kappa shape index (κ2) is 4.57. The molecule has 0 aliphatic heterocycles. The number of hydrogen-bond acceptors (Lipinski definition) is 6. The van der Waals surface area contributed by atoms with Crippen molar-refractivity contribution >= 4 is 22.7 Å². The molecule has 0 aliphatic rings. The highest BCUT2D eigenvalue weighted by molar-refractivity contribution is 5.91. The van der Waals surface area contributed by atoms with Gasteiger partial charge in [0.1, 0.15) is 0 Å². The van der Waals surface area contributed by atoms with Gasteiger partial charge in [-0.2, -0.15) is 10.1 Å². The van der Waals surface area contributed by atoms with Crippen LogP contribution in [0.2, 0.25) is 0 Å².